The van der Waals surface area contributed by atoms with E-state index < -0.39 is 5.97 Å². The van der Waals surface area contributed by atoms with Gasteiger partial charge in [0.25, 0.3) is 0 Å². The summed E-state index contributed by atoms with van der Waals surface area (Å²) < 4.78 is 8.34. The highest BCUT2D eigenvalue weighted by atomic mass is 16.5. The second-order valence-corrected chi connectivity index (χ2v) is 7.67. The Morgan fingerprint density at radius 3 is 2.68 bits per heavy atom. The number of piperidine rings is 1. The van der Waals surface area contributed by atoms with Crippen LogP contribution in [0, 0.1) is 11.8 Å². The van der Waals surface area contributed by atoms with Crippen molar-refractivity contribution in [2.45, 2.75) is 13.0 Å². The first-order valence-electron chi connectivity index (χ1n) is 9.45. The highest BCUT2D eigenvalue weighted by Crippen LogP contribution is 2.45. The van der Waals surface area contributed by atoms with E-state index in [1.807, 2.05) is 19.4 Å². The Kier molecular flexibility index (Phi) is 3.92. The summed E-state index contributed by atoms with van der Waals surface area (Å²) in [5.74, 6) is 2.40. The molecule has 8 heteroatoms. The quantitative estimate of drug-likeness (QED) is 0.632. The van der Waals surface area contributed by atoms with Gasteiger partial charge < -0.3 is 9.64 Å². The molecule has 2 aliphatic rings. The third-order valence-corrected chi connectivity index (χ3v) is 5.60. The molecule has 0 amide bonds. The maximum atomic E-state index is 12.2. The van der Waals surface area contributed by atoms with Crippen LogP contribution < -0.4 is 4.90 Å². The molecule has 3 aromatic rings. The van der Waals surface area contributed by atoms with E-state index in [0.29, 0.717) is 17.8 Å². The molecule has 2 fully saturated rings. The number of aryl methyl sites for hydroxylation is 1. The second-order valence-electron chi connectivity index (χ2n) is 7.67. The maximum Gasteiger partial charge on any atom is 0.341 e. The van der Waals surface area contributed by atoms with Gasteiger partial charge in [-0.05, 0) is 29.9 Å². The number of pyridine rings is 1. The normalized spacial score (nSPS) is 20.3. The molecular formula is C20H22N6O2. The van der Waals surface area contributed by atoms with Crippen molar-refractivity contribution in [2.24, 2.45) is 18.9 Å². The lowest BCUT2D eigenvalue weighted by Crippen LogP contribution is -2.22. The number of rotatable bonds is 5. The molecule has 1 aliphatic heterocycles. The van der Waals surface area contributed by atoms with Gasteiger partial charge in [0.1, 0.15) is 17.1 Å². The first-order chi connectivity index (χ1) is 13.6. The standard InChI is InChI=1S/C20H22N6O2/c1-24-9-16(7-22-24)19-17(20(27)28-2)12-26(23-19)8-13-3-4-18(21-6-13)25-10-14-5-15(14)11-25/h3-4,6-7,9,12,14-15H,5,8,10-11H2,1-2H3. The Morgan fingerprint density at radius 2 is 2.04 bits per heavy atom. The molecule has 1 aliphatic carbocycles. The number of carbonyl (C=O) groups excluding carboxylic acids is 1. The van der Waals surface area contributed by atoms with Crippen LogP contribution in [0.3, 0.4) is 0 Å². The van der Waals surface area contributed by atoms with Crippen molar-refractivity contribution < 1.29 is 9.53 Å². The van der Waals surface area contributed by atoms with Crippen molar-refractivity contribution in [3.63, 3.8) is 0 Å². The summed E-state index contributed by atoms with van der Waals surface area (Å²) in [5, 5.41) is 8.77. The van der Waals surface area contributed by atoms with Crippen LogP contribution in [0.5, 0.6) is 0 Å². The molecule has 0 bridgehead atoms. The van der Waals surface area contributed by atoms with Gasteiger partial charge in [-0.2, -0.15) is 10.2 Å². The fourth-order valence-electron chi connectivity index (χ4n) is 3.99. The Balaban J connectivity index is 1.37. The highest BCUT2D eigenvalue weighted by Gasteiger charge is 2.45. The van der Waals surface area contributed by atoms with Crippen LogP contribution in [0.4, 0.5) is 5.82 Å². The number of ether oxygens (including phenoxy) is 1. The van der Waals surface area contributed by atoms with E-state index in [9.17, 15) is 4.79 Å². The average Bonchev–Trinajstić information content (AvgIpc) is 3.08. The summed E-state index contributed by atoms with van der Waals surface area (Å²) in [4.78, 5) is 19.2. The first kappa shape index (κ1) is 17.0. The van der Waals surface area contributed by atoms with Gasteiger partial charge in [0, 0.05) is 44.3 Å². The molecule has 1 saturated heterocycles. The Morgan fingerprint density at radius 1 is 1.21 bits per heavy atom. The van der Waals surface area contributed by atoms with E-state index in [1.54, 1.807) is 21.8 Å². The van der Waals surface area contributed by atoms with Crippen LogP contribution >= 0.6 is 0 Å². The van der Waals surface area contributed by atoms with Crippen LogP contribution in [-0.4, -0.2) is 50.7 Å². The number of carbonyl (C=O) groups is 1. The molecule has 0 radical (unpaired) electrons. The fraction of sp³-hybridized carbons (Fsp3) is 0.400. The van der Waals surface area contributed by atoms with Gasteiger partial charge in [0.2, 0.25) is 0 Å². The molecule has 2 unspecified atom stereocenters. The number of esters is 1. The second kappa shape index (κ2) is 6.47. The Bertz CT molecular complexity index is 1010. The predicted octanol–water partition coefficient (Wildman–Crippen LogP) is 1.97. The van der Waals surface area contributed by atoms with Crippen molar-refractivity contribution in [2.75, 3.05) is 25.1 Å². The average molecular weight is 378 g/mol. The largest absolute Gasteiger partial charge is 0.465 e. The minimum Gasteiger partial charge on any atom is -0.465 e. The summed E-state index contributed by atoms with van der Waals surface area (Å²) in [7, 11) is 3.20. The molecule has 5 rings (SSSR count). The van der Waals surface area contributed by atoms with E-state index in [4.69, 9.17) is 4.74 Å². The summed E-state index contributed by atoms with van der Waals surface area (Å²) in [6, 6.07) is 4.16. The monoisotopic (exact) mass is 378 g/mol. The number of hydrogen-bond acceptors (Lipinski definition) is 6. The zero-order chi connectivity index (χ0) is 19.3. The van der Waals surface area contributed by atoms with E-state index in [0.717, 1.165) is 41.9 Å². The molecule has 1 saturated carbocycles. The predicted molar refractivity (Wildman–Crippen MR) is 103 cm³/mol. The minimum absolute atomic E-state index is 0.411. The molecule has 2 atom stereocenters. The first-order valence-corrected chi connectivity index (χ1v) is 9.45. The topological polar surface area (TPSA) is 78.1 Å². The molecule has 0 N–H and O–H groups in total. The van der Waals surface area contributed by atoms with Gasteiger partial charge in [-0.3, -0.25) is 9.36 Å². The van der Waals surface area contributed by atoms with E-state index in [1.165, 1.54) is 13.5 Å². The number of aromatic nitrogens is 5. The third kappa shape index (κ3) is 3.04. The van der Waals surface area contributed by atoms with Gasteiger partial charge in [-0.25, -0.2) is 9.78 Å². The zero-order valence-corrected chi connectivity index (χ0v) is 15.9. The van der Waals surface area contributed by atoms with Crippen LogP contribution in [-0.2, 0) is 18.3 Å². The van der Waals surface area contributed by atoms with Crippen molar-refractivity contribution >= 4 is 11.8 Å². The summed E-state index contributed by atoms with van der Waals surface area (Å²) in [5.41, 5.74) is 2.81. The minimum atomic E-state index is -0.411. The molecular weight excluding hydrogens is 356 g/mol. The van der Waals surface area contributed by atoms with Crippen LogP contribution in [0.1, 0.15) is 22.3 Å². The smallest absolute Gasteiger partial charge is 0.341 e. The van der Waals surface area contributed by atoms with Gasteiger partial charge in [-0.1, -0.05) is 6.07 Å². The number of hydrogen-bond donors (Lipinski definition) is 0. The molecule has 28 heavy (non-hydrogen) atoms. The van der Waals surface area contributed by atoms with E-state index >= 15 is 0 Å². The van der Waals surface area contributed by atoms with E-state index in [-0.39, 0.29) is 0 Å². The molecule has 4 heterocycles. The highest BCUT2D eigenvalue weighted by molar-refractivity contribution is 5.95. The SMILES string of the molecule is COC(=O)c1cn(Cc2ccc(N3CC4CC4C3)nc2)nc1-c1cnn(C)c1. The van der Waals surface area contributed by atoms with Crippen LogP contribution in [0.15, 0.2) is 36.9 Å². The van der Waals surface area contributed by atoms with E-state index in [2.05, 4.69) is 32.2 Å². The molecule has 8 nitrogen and oxygen atoms in total. The molecule has 0 aromatic carbocycles. The maximum absolute atomic E-state index is 12.2. The summed E-state index contributed by atoms with van der Waals surface area (Å²) in [6.45, 7) is 2.79. The summed E-state index contributed by atoms with van der Waals surface area (Å²) >= 11 is 0. The fourth-order valence-corrected chi connectivity index (χ4v) is 3.99. The van der Waals surface area contributed by atoms with Crippen LogP contribution in [0.25, 0.3) is 11.3 Å². The number of fused-ring (bicyclic) bond motifs is 1. The lowest BCUT2D eigenvalue weighted by atomic mass is 10.1. The lowest BCUT2D eigenvalue weighted by Gasteiger charge is -2.18. The molecule has 3 aromatic heterocycles. The third-order valence-electron chi connectivity index (χ3n) is 5.60. The zero-order valence-electron chi connectivity index (χ0n) is 15.9. The Labute approximate surface area is 162 Å². The molecule has 144 valence electrons. The van der Waals surface area contributed by atoms with Crippen molar-refractivity contribution in [1.29, 1.82) is 0 Å². The van der Waals surface area contributed by atoms with Gasteiger partial charge in [0.15, 0.2) is 0 Å². The van der Waals surface area contributed by atoms with Crippen molar-refractivity contribution in [1.82, 2.24) is 24.5 Å². The van der Waals surface area contributed by atoms with Gasteiger partial charge in [0.05, 0.1) is 19.9 Å². The molecule has 0 spiro atoms. The van der Waals surface area contributed by atoms with Crippen LogP contribution in [0.2, 0.25) is 0 Å². The number of nitrogens with zero attached hydrogens (tertiary/aromatic N) is 6. The van der Waals surface area contributed by atoms with Gasteiger partial charge in [-0.15, -0.1) is 0 Å². The van der Waals surface area contributed by atoms with Crippen molar-refractivity contribution in [3.05, 3.63) is 48.0 Å². The Hall–Kier alpha value is -3.16. The van der Waals surface area contributed by atoms with Gasteiger partial charge >= 0.3 is 5.97 Å². The summed E-state index contributed by atoms with van der Waals surface area (Å²) in [6.07, 6.45) is 8.51. The number of anilines is 1. The number of methoxy groups -OCH3 is 1. The lowest BCUT2D eigenvalue weighted by molar-refractivity contribution is 0.0601. The van der Waals surface area contributed by atoms with Crippen molar-refractivity contribution in [3.8, 4) is 11.3 Å².